The van der Waals surface area contributed by atoms with Crippen LogP contribution >= 0.6 is 0 Å². The second-order valence-electron chi connectivity index (χ2n) is 7.58. The van der Waals surface area contributed by atoms with E-state index in [0.717, 1.165) is 19.4 Å². The van der Waals surface area contributed by atoms with Gasteiger partial charge in [0, 0.05) is 19.2 Å². The molecule has 0 aromatic carbocycles. The molecule has 0 unspecified atom stereocenters. The van der Waals surface area contributed by atoms with Crippen molar-refractivity contribution in [2.45, 2.75) is 72.1 Å². The Kier molecular flexibility index (Phi) is 7.32. The lowest BCUT2D eigenvalue weighted by Gasteiger charge is -2.29. The fourth-order valence-electron chi connectivity index (χ4n) is 2.83. The third kappa shape index (κ3) is 7.20. The van der Waals surface area contributed by atoms with Gasteiger partial charge in [-0.05, 0) is 46.5 Å². The van der Waals surface area contributed by atoms with Gasteiger partial charge in [0.25, 0.3) is 0 Å². The zero-order valence-electron chi connectivity index (χ0n) is 15.3. The van der Waals surface area contributed by atoms with E-state index in [1.807, 2.05) is 41.5 Å². The third-order valence-corrected chi connectivity index (χ3v) is 3.83. The molecule has 1 aliphatic heterocycles. The summed E-state index contributed by atoms with van der Waals surface area (Å²) in [7, 11) is 0. The Labute approximate surface area is 139 Å². The molecule has 0 aromatic heterocycles. The number of hydrogen-bond donors (Lipinski definition) is 2. The van der Waals surface area contributed by atoms with Gasteiger partial charge in [-0.25, -0.2) is 4.79 Å². The van der Waals surface area contributed by atoms with E-state index in [0.29, 0.717) is 6.54 Å². The summed E-state index contributed by atoms with van der Waals surface area (Å²) in [5.41, 5.74) is -0.556. The van der Waals surface area contributed by atoms with Gasteiger partial charge >= 0.3 is 6.09 Å². The maximum atomic E-state index is 12.5. The smallest absolute Gasteiger partial charge is 0.407 e. The van der Waals surface area contributed by atoms with Crippen LogP contribution in [0.1, 0.15) is 54.4 Å². The van der Waals surface area contributed by atoms with Gasteiger partial charge < -0.3 is 20.1 Å². The molecule has 1 rings (SSSR count). The van der Waals surface area contributed by atoms with E-state index < -0.39 is 11.7 Å². The lowest BCUT2D eigenvalue weighted by Crippen LogP contribution is -2.49. The molecule has 1 aliphatic rings. The van der Waals surface area contributed by atoms with Gasteiger partial charge in [-0.15, -0.1) is 0 Å². The van der Waals surface area contributed by atoms with E-state index in [2.05, 4.69) is 10.6 Å². The summed E-state index contributed by atoms with van der Waals surface area (Å²) in [6.45, 7) is 12.5. The topological polar surface area (TPSA) is 76.7 Å². The summed E-state index contributed by atoms with van der Waals surface area (Å²) in [5.74, 6) is -0.271. The normalized spacial score (nSPS) is 20.9. The predicted octanol–water partition coefficient (Wildman–Crippen LogP) is 2.47. The molecule has 1 heterocycles. The molecule has 0 radical (unpaired) electrons. The lowest BCUT2D eigenvalue weighted by atomic mass is 9.88. The van der Waals surface area contributed by atoms with E-state index >= 15 is 0 Å². The Morgan fingerprint density at radius 1 is 1.26 bits per heavy atom. The minimum absolute atomic E-state index is 0.0564. The van der Waals surface area contributed by atoms with Crippen LogP contribution in [-0.2, 0) is 14.3 Å². The minimum atomic E-state index is -0.556. The van der Waals surface area contributed by atoms with Crippen LogP contribution in [0.4, 0.5) is 4.79 Å². The van der Waals surface area contributed by atoms with Gasteiger partial charge in [0.2, 0.25) is 5.91 Å². The highest BCUT2D eigenvalue weighted by molar-refractivity contribution is 5.80. The summed E-state index contributed by atoms with van der Waals surface area (Å²) >= 11 is 0. The molecule has 1 fully saturated rings. The standard InChI is InChI=1S/C17H32N2O4/c1-11(2)14(12(3)19-16(21)23-17(4,5)6)15(20)18-10-13-8-7-9-22-13/h11-14H,7-10H2,1-6H3,(H,18,20)(H,19,21)/t12-,13+,14+/m1/s1. The van der Waals surface area contributed by atoms with E-state index in [1.54, 1.807) is 0 Å². The van der Waals surface area contributed by atoms with Crippen LogP contribution in [0.15, 0.2) is 0 Å². The summed E-state index contributed by atoms with van der Waals surface area (Å²) in [4.78, 5) is 24.4. The molecule has 2 amide bonds. The van der Waals surface area contributed by atoms with Crippen LogP contribution < -0.4 is 10.6 Å². The quantitative estimate of drug-likeness (QED) is 0.785. The number of carbonyl (C=O) groups excluding carboxylic acids is 2. The first-order valence-electron chi connectivity index (χ1n) is 8.49. The summed E-state index contributed by atoms with van der Waals surface area (Å²) in [6.07, 6.45) is 1.65. The second-order valence-corrected chi connectivity index (χ2v) is 7.58. The van der Waals surface area contributed by atoms with Crippen LogP contribution in [-0.4, -0.2) is 42.9 Å². The summed E-state index contributed by atoms with van der Waals surface area (Å²) in [5, 5.41) is 5.73. The Morgan fingerprint density at radius 3 is 2.39 bits per heavy atom. The fraction of sp³-hybridized carbons (Fsp3) is 0.882. The van der Waals surface area contributed by atoms with Crippen molar-refractivity contribution in [3.05, 3.63) is 0 Å². The lowest BCUT2D eigenvalue weighted by molar-refractivity contribution is -0.127. The van der Waals surface area contributed by atoms with Gasteiger partial charge in [0.1, 0.15) is 5.60 Å². The first-order chi connectivity index (χ1) is 10.6. The largest absolute Gasteiger partial charge is 0.444 e. The monoisotopic (exact) mass is 328 g/mol. The van der Waals surface area contributed by atoms with Crippen molar-refractivity contribution in [3.8, 4) is 0 Å². The van der Waals surface area contributed by atoms with Crippen molar-refractivity contribution < 1.29 is 19.1 Å². The number of ether oxygens (including phenoxy) is 2. The third-order valence-electron chi connectivity index (χ3n) is 3.83. The van der Waals surface area contributed by atoms with E-state index in [4.69, 9.17) is 9.47 Å². The van der Waals surface area contributed by atoms with Gasteiger partial charge in [-0.1, -0.05) is 13.8 Å². The number of alkyl carbamates (subject to hydrolysis) is 1. The van der Waals surface area contributed by atoms with Gasteiger partial charge in [0.15, 0.2) is 0 Å². The minimum Gasteiger partial charge on any atom is -0.444 e. The second kappa shape index (κ2) is 8.52. The van der Waals surface area contributed by atoms with Crippen molar-refractivity contribution >= 4 is 12.0 Å². The highest BCUT2D eigenvalue weighted by atomic mass is 16.6. The molecule has 0 aromatic rings. The molecule has 3 atom stereocenters. The van der Waals surface area contributed by atoms with Gasteiger partial charge in [0.05, 0.1) is 12.0 Å². The average Bonchev–Trinajstić information content (AvgIpc) is 2.86. The van der Waals surface area contributed by atoms with Gasteiger partial charge in [-0.3, -0.25) is 4.79 Å². The number of rotatable bonds is 6. The first-order valence-corrected chi connectivity index (χ1v) is 8.49. The Hall–Kier alpha value is -1.30. The molecule has 6 heteroatoms. The molecule has 2 N–H and O–H groups in total. The molecule has 0 bridgehead atoms. The Bertz CT molecular complexity index is 398. The van der Waals surface area contributed by atoms with Crippen molar-refractivity contribution in [1.82, 2.24) is 10.6 Å². The number of carbonyl (C=O) groups is 2. The molecule has 0 spiro atoms. The highest BCUT2D eigenvalue weighted by Crippen LogP contribution is 2.18. The molecule has 0 saturated carbocycles. The van der Waals surface area contributed by atoms with Crippen molar-refractivity contribution in [2.75, 3.05) is 13.2 Å². The Morgan fingerprint density at radius 2 is 1.91 bits per heavy atom. The molecule has 6 nitrogen and oxygen atoms in total. The maximum absolute atomic E-state index is 12.5. The fourth-order valence-corrected chi connectivity index (χ4v) is 2.83. The summed E-state index contributed by atoms with van der Waals surface area (Å²) < 4.78 is 10.8. The molecular formula is C17H32N2O4. The van der Waals surface area contributed by atoms with Crippen LogP contribution in [0.3, 0.4) is 0 Å². The number of hydrogen-bond acceptors (Lipinski definition) is 4. The van der Waals surface area contributed by atoms with Crippen LogP contribution in [0, 0.1) is 11.8 Å². The number of nitrogens with one attached hydrogen (secondary N) is 2. The summed E-state index contributed by atoms with van der Waals surface area (Å²) in [6, 6.07) is -0.311. The maximum Gasteiger partial charge on any atom is 0.407 e. The zero-order valence-corrected chi connectivity index (χ0v) is 15.3. The van der Waals surface area contributed by atoms with Crippen LogP contribution in [0.2, 0.25) is 0 Å². The van der Waals surface area contributed by atoms with E-state index in [9.17, 15) is 9.59 Å². The first kappa shape index (κ1) is 19.7. The van der Waals surface area contributed by atoms with Crippen LogP contribution in [0.5, 0.6) is 0 Å². The van der Waals surface area contributed by atoms with Crippen molar-refractivity contribution in [3.63, 3.8) is 0 Å². The van der Waals surface area contributed by atoms with Crippen molar-refractivity contribution in [2.24, 2.45) is 11.8 Å². The average molecular weight is 328 g/mol. The van der Waals surface area contributed by atoms with Crippen molar-refractivity contribution in [1.29, 1.82) is 0 Å². The molecule has 134 valence electrons. The molecule has 1 saturated heterocycles. The Balaban J connectivity index is 2.54. The van der Waals surface area contributed by atoms with Gasteiger partial charge in [-0.2, -0.15) is 0 Å². The molecule has 23 heavy (non-hydrogen) atoms. The molecule has 0 aliphatic carbocycles. The SMILES string of the molecule is CC(C)[C@H](C(=O)NC[C@@H]1CCCO1)[C@@H](C)NC(=O)OC(C)(C)C. The predicted molar refractivity (Wildman–Crippen MR) is 89.1 cm³/mol. The molecular weight excluding hydrogens is 296 g/mol. The van der Waals surface area contributed by atoms with E-state index in [-0.39, 0.29) is 29.9 Å². The number of amides is 2. The zero-order chi connectivity index (χ0) is 17.6. The van der Waals surface area contributed by atoms with Crippen LogP contribution in [0.25, 0.3) is 0 Å². The highest BCUT2D eigenvalue weighted by Gasteiger charge is 2.31. The van der Waals surface area contributed by atoms with E-state index in [1.165, 1.54) is 0 Å².